The normalized spacial score (nSPS) is 19.8. The van der Waals surface area contributed by atoms with E-state index in [4.69, 9.17) is 17.3 Å². The van der Waals surface area contributed by atoms with E-state index in [1.54, 1.807) is 0 Å². The third-order valence-corrected chi connectivity index (χ3v) is 4.73. The zero-order valence-corrected chi connectivity index (χ0v) is 11.8. The van der Waals surface area contributed by atoms with Crippen LogP contribution in [0.1, 0.15) is 12.8 Å². The number of piperidine rings is 1. The third kappa shape index (κ3) is 3.09. The Kier molecular flexibility index (Phi) is 3.98. The lowest BCUT2D eigenvalue weighted by atomic mass is 10.1. The highest BCUT2D eigenvalue weighted by molar-refractivity contribution is 7.89. The van der Waals surface area contributed by atoms with Crippen molar-refractivity contribution in [2.45, 2.75) is 23.8 Å². The quantitative estimate of drug-likeness (QED) is 0.536. The van der Waals surface area contributed by atoms with Crippen molar-refractivity contribution in [2.24, 2.45) is 0 Å². The van der Waals surface area contributed by atoms with Crippen molar-refractivity contribution in [1.29, 1.82) is 0 Å². The molecule has 0 saturated carbocycles. The van der Waals surface area contributed by atoms with Gasteiger partial charge in [0.2, 0.25) is 21.8 Å². The fraction of sp³-hybridized carbons (Fsp3) is 0.273. The summed E-state index contributed by atoms with van der Waals surface area (Å²) in [5.41, 5.74) is 5.76. The molecule has 9 heteroatoms. The number of anilines is 1. The predicted octanol–water partition coefficient (Wildman–Crippen LogP) is 0.00570. The fourth-order valence-corrected chi connectivity index (χ4v) is 3.55. The first-order valence-corrected chi connectivity index (χ1v) is 7.57. The second-order valence-electron chi connectivity index (χ2n) is 4.31. The van der Waals surface area contributed by atoms with Gasteiger partial charge in [0.25, 0.3) is 0 Å². The van der Waals surface area contributed by atoms with Crippen LogP contribution in [0.4, 0.5) is 5.69 Å². The van der Waals surface area contributed by atoms with Crippen molar-refractivity contribution >= 4 is 39.1 Å². The summed E-state index contributed by atoms with van der Waals surface area (Å²) < 4.78 is 26.6. The van der Waals surface area contributed by atoms with Crippen LogP contribution in [0.3, 0.4) is 0 Å². The van der Waals surface area contributed by atoms with Gasteiger partial charge in [-0.05, 0) is 24.6 Å². The van der Waals surface area contributed by atoms with Crippen LogP contribution in [-0.2, 0) is 19.6 Å². The fourth-order valence-electron chi connectivity index (χ4n) is 1.78. The highest BCUT2D eigenvalue weighted by Gasteiger charge is 2.31. The summed E-state index contributed by atoms with van der Waals surface area (Å²) in [6, 6.07) is 3.02. The molecular weight excluding hydrogens is 306 g/mol. The molecule has 1 unspecified atom stereocenters. The summed E-state index contributed by atoms with van der Waals surface area (Å²) in [6.45, 7) is 0. The number of hydrogen-bond acceptors (Lipinski definition) is 5. The Bertz CT molecular complexity index is 674. The molecule has 0 aliphatic carbocycles. The maximum atomic E-state index is 12.2. The molecule has 1 fully saturated rings. The minimum absolute atomic E-state index is 0.000931. The van der Waals surface area contributed by atoms with Crippen LogP contribution in [-0.4, -0.2) is 26.3 Å². The molecule has 0 aromatic heterocycles. The SMILES string of the molecule is Nc1ccc(Cl)c(S(=O)(=O)NC2CCC(=O)NC2=O)c1. The van der Waals surface area contributed by atoms with Crippen LogP contribution >= 0.6 is 11.6 Å². The zero-order valence-electron chi connectivity index (χ0n) is 10.2. The third-order valence-electron chi connectivity index (χ3n) is 2.78. The van der Waals surface area contributed by atoms with Crippen molar-refractivity contribution in [1.82, 2.24) is 10.0 Å². The van der Waals surface area contributed by atoms with Crippen molar-refractivity contribution in [3.8, 4) is 0 Å². The summed E-state index contributed by atoms with van der Waals surface area (Å²) in [4.78, 5) is 22.4. The van der Waals surface area contributed by atoms with E-state index in [0.717, 1.165) is 0 Å². The average molecular weight is 318 g/mol. The molecule has 2 amide bonds. The number of nitrogens with two attached hydrogens (primary N) is 1. The lowest BCUT2D eigenvalue weighted by Crippen LogP contribution is -2.52. The van der Waals surface area contributed by atoms with Gasteiger partial charge in [0, 0.05) is 12.1 Å². The van der Waals surface area contributed by atoms with E-state index in [2.05, 4.69) is 10.0 Å². The van der Waals surface area contributed by atoms with E-state index >= 15 is 0 Å². The van der Waals surface area contributed by atoms with Gasteiger partial charge in [-0.2, -0.15) is 4.72 Å². The Hall–Kier alpha value is -1.64. The number of carbonyl (C=O) groups is 2. The number of hydrogen-bond donors (Lipinski definition) is 3. The zero-order chi connectivity index (χ0) is 14.9. The Morgan fingerprint density at radius 2 is 2.05 bits per heavy atom. The smallest absolute Gasteiger partial charge is 0.244 e. The van der Waals surface area contributed by atoms with E-state index in [0.29, 0.717) is 0 Å². The van der Waals surface area contributed by atoms with Crippen LogP contribution in [0.2, 0.25) is 5.02 Å². The minimum Gasteiger partial charge on any atom is -0.399 e. The Morgan fingerprint density at radius 1 is 1.35 bits per heavy atom. The number of sulfonamides is 1. The highest BCUT2D eigenvalue weighted by Crippen LogP contribution is 2.24. The maximum absolute atomic E-state index is 12.2. The summed E-state index contributed by atoms with van der Waals surface area (Å²) in [5, 5.41) is 2.07. The van der Waals surface area contributed by atoms with E-state index in [1.165, 1.54) is 18.2 Å². The largest absolute Gasteiger partial charge is 0.399 e. The van der Waals surface area contributed by atoms with Gasteiger partial charge in [0.15, 0.2) is 0 Å². The standard InChI is InChI=1S/C11H12ClN3O4S/c12-7-2-1-6(13)5-9(7)20(18,19)15-8-3-4-10(16)14-11(8)17/h1-2,5,8,15H,3-4,13H2,(H,14,16,17). The molecule has 1 atom stereocenters. The molecule has 0 radical (unpaired) electrons. The Balaban J connectivity index is 2.25. The molecule has 4 N–H and O–H groups in total. The van der Waals surface area contributed by atoms with Gasteiger partial charge in [-0.3, -0.25) is 14.9 Å². The number of imide groups is 1. The number of rotatable bonds is 3. The van der Waals surface area contributed by atoms with Gasteiger partial charge >= 0.3 is 0 Å². The molecular formula is C11H12ClN3O4S. The predicted molar refractivity (Wildman–Crippen MR) is 72.4 cm³/mol. The first kappa shape index (κ1) is 14.8. The molecule has 20 heavy (non-hydrogen) atoms. The maximum Gasteiger partial charge on any atom is 0.244 e. The first-order valence-electron chi connectivity index (χ1n) is 5.70. The molecule has 108 valence electrons. The summed E-state index contributed by atoms with van der Waals surface area (Å²) in [5.74, 6) is -1.10. The van der Waals surface area contributed by atoms with Gasteiger partial charge in [-0.1, -0.05) is 11.6 Å². The number of amides is 2. The molecule has 1 saturated heterocycles. The van der Waals surface area contributed by atoms with Gasteiger partial charge in [0.1, 0.15) is 10.9 Å². The molecule has 7 nitrogen and oxygen atoms in total. The Morgan fingerprint density at radius 3 is 2.70 bits per heavy atom. The summed E-state index contributed by atoms with van der Waals surface area (Å²) in [7, 11) is -4.00. The topological polar surface area (TPSA) is 118 Å². The van der Waals surface area contributed by atoms with Crippen molar-refractivity contribution in [2.75, 3.05) is 5.73 Å². The monoisotopic (exact) mass is 317 g/mol. The molecule has 1 aliphatic heterocycles. The molecule has 1 aliphatic rings. The molecule has 1 aromatic rings. The van der Waals surface area contributed by atoms with Crippen LogP contribution < -0.4 is 15.8 Å². The summed E-state index contributed by atoms with van der Waals surface area (Å²) in [6.07, 6.45) is 0.174. The van der Waals surface area contributed by atoms with Crippen LogP contribution in [0.15, 0.2) is 23.1 Å². The highest BCUT2D eigenvalue weighted by atomic mass is 35.5. The molecule has 1 heterocycles. The van der Waals surface area contributed by atoms with Gasteiger partial charge in [-0.25, -0.2) is 8.42 Å². The lowest BCUT2D eigenvalue weighted by Gasteiger charge is -2.22. The molecule has 0 bridgehead atoms. The average Bonchev–Trinajstić information content (AvgIpc) is 2.35. The van der Waals surface area contributed by atoms with Gasteiger partial charge in [0.05, 0.1) is 5.02 Å². The number of nitrogen functional groups attached to an aromatic ring is 1. The number of nitrogens with one attached hydrogen (secondary N) is 2. The molecule has 1 aromatic carbocycles. The molecule has 2 rings (SSSR count). The van der Waals surface area contributed by atoms with Crippen molar-refractivity contribution < 1.29 is 18.0 Å². The minimum atomic E-state index is -4.00. The van der Waals surface area contributed by atoms with Gasteiger partial charge in [-0.15, -0.1) is 0 Å². The summed E-state index contributed by atoms with van der Waals surface area (Å²) >= 11 is 5.83. The lowest BCUT2D eigenvalue weighted by molar-refractivity contribution is -0.134. The van der Waals surface area contributed by atoms with Crippen molar-refractivity contribution in [3.63, 3.8) is 0 Å². The number of halogens is 1. The van der Waals surface area contributed by atoms with E-state index in [1.807, 2.05) is 0 Å². The molecule has 0 spiro atoms. The van der Waals surface area contributed by atoms with Crippen LogP contribution in [0.5, 0.6) is 0 Å². The number of carbonyl (C=O) groups excluding carboxylic acids is 2. The second-order valence-corrected chi connectivity index (χ2v) is 6.40. The van der Waals surface area contributed by atoms with Crippen LogP contribution in [0.25, 0.3) is 0 Å². The van der Waals surface area contributed by atoms with Crippen molar-refractivity contribution in [3.05, 3.63) is 23.2 Å². The Labute approximate surface area is 120 Å². The second kappa shape index (κ2) is 5.39. The first-order chi connectivity index (χ1) is 9.29. The van der Waals surface area contributed by atoms with Gasteiger partial charge < -0.3 is 5.73 Å². The van der Waals surface area contributed by atoms with E-state index < -0.39 is 27.9 Å². The van der Waals surface area contributed by atoms with E-state index in [-0.39, 0.29) is 28.4 Å². The van der Waals surface area contributed by atoms with Crippen LogP contribution in [0, 0.1) is 0 Å². The number of benzene rings is 1. The van der Waals surface area contributed by atoms with E-state index in [9.17, 15) is 18.0 Å².